The predicted octanol–water partition coefficient (Wildman–Crippen LogP) is 2.98. The fourth-order valence-electron chi connectivity index (χ4n) is 2.63. The summed E-state index contributed by atoms with van der Waals surface area (Å²) in [4.78, 5) is 0. The SMILES string of the molecule is CC1(C)CC1C(NN)c1cc2ccccc2o1. The third-order valence-electron chi connectivity index (χ3n) is 3.92. The highest BCUT2D eigenvalue weighted by atomic mass is 16.3. The minimum atomic E-state index is 0.123. The van der Waals surface area contributed by atoms with Gasteiger partial charge in [0.05, 0.1) is 6.04 Å². The summed E-state index contributed by atoms with van der Waals surface area (Å²) in [6, 6.07) is 10.3. The molecule has 0 aliphatic heterocycles. The third-order valence-corrected chi connectivity index (χ3v) is 3.92. The van der Waals surface area contributed by atoms with Crippen LogP contribution < -0.4 is 11.3 Å². The van der Waals surface area contributed by atoms with E-state index in [1.807, 2.05) is 18.2 Å². The Morgan fingerprint density at radius 3 is 2.71 bits per heavy atom. The number of nitrogens with two attached hydrogens (primary N) is 1. The van der Waals surface area contributed by atoms with Crippen LogP contribution in [0.2, 0.25) is 0 Å². The van der Waals surface area contributed by atoms with Crippen molar-refractivity contribution in [2.45, 2.75) is 26.3 Å². The summed E-state index contributed by atoms with van der Waals surface area (Å²) >= 11 is 0. The van der Waals surface area contributed by atoms with Gasteiger partial charge in [-0.1, -0.05) is 32.0 Å². The minimum absolute atomic E-state index is 0.123. The smallest absolute Gasteiger partial charge is 0.134 e. The van der Waals surface area contributed by atoms with Crippen molar-refractivity contribution in [2.24, 2.45) is 17.2 Å². The lowest BCUT2D eigenvalue weighted by atomic mass is 10.0. The summed E-state index contributed by atoms with van der Waals surface area (Å²) in [5.41, 5.74) is 4.21. The predicted molar refractivity (Wildman–Crippen MR) is 68.2 cm³/mol. The average Bonchev–Trinajstić information content (AvgIpc) is 2.76. The molecule has 3 N–H and O–H groups in total. The summed E-state index contributed by atoms with van der Waals surface area (Å²) in [5, 5.41) is 1.14. The molecular formula is C14H18N2O. The van der Waals surface area contributed by atoms with E-state index in [4.69, 9.17) is 10.3 Å². The molecule has 2 atom stereocenters. The van der Waals surface area contributed by atoms with Crippen molar-refractivity contribution in [1.82, 2.24) is 5.43 Å². The fraction of sp³-hybridized carbons (Fsp3) is 0.429. The number of para-hydroxylation sites is 1. The van der Waals surface area contributed by atoms with Crippen molar-refractivity contribution in [3.63, 3.8) is 0 Å². The number of benzene rings is 1. The molecule has 17 heavy (non-hydrogen) atoms. The van der Waals surface area contributed by atoms with Gasteiger partial charge in [-0.15, -0.1) is 0 Å². The van der Waals surface area contributed by atoms with Crippen LogP contribution in [0.1, 0.15) is 32.1 Å². The van der Waals surface area contributed by atoms with Crippen LogP contribution >= 0.6 is 0 Å². The van der Waals surface area contributed by atoms with Crippen LogP contribution in [0.4, 0.5) is 0 Å². The highest BCUT2D eigenvalue weighted by molar-refractivity contribution is 5.77. The molecule has 2 unspecified atom stereocenters. The molecule has 1 saturated carbocycles. The highest BCUT2D eigenvalue weighted by Gasteiger charge is 2.51. The van der Waals surface area contributed by atoms with Crippen LogP contribution in [0.3, 0.4) is 0 Å². The van der Waals surface area contributed by atoms with E-state index in [1.165, 1.54) is 6.42 Å². The van der Waals surface area contributed by atoms with E-state index >= 15 is 0 Å². The molecule has 3 rings (SSSR count). The van der Waals surface area contributed by atoms with Crippen LogP contribution in [0.25, 0.3) is 11.0 Å². The van der Waals surface area contributed by atoms with Crippen molar-refractivity contribution >= 4 is 11.0 Å². The van der Waals surface area contributed by atoms with Gasteiger partial charge in [0.2, 0.25) is 0 Å². The van der Waals surface area contributed by atoms with Gasteiger partial charge in [0.1, 0.15) is 11.3 Å². The first-order chi connectivity index (χ1) is 8.12. The number of hydrogen-bond acceptors (Lipinski definition) is 3. The van der Waals surface area contributed by atoms with Gasteiger partial charge in [-0.2, -0.15) is 0 Å². The first-order valence-corrected chi connectivity index (χ1v) is 6.06. The zero-order chi connectivity index (χ0) is 12.0. The van der Waals surface area contributed by atoms with E-state index in [1.54, 1.807) is 0 Å². The number of hydrogen-bond donors (Lipinski definition) is 2. The molecule has 1 fully saturated rings. The van der Waals surface area contributed by atoms with E-state index in [-0.39, 0.29) is 6.04 Å². The van der Waals surface area contributed by atoms with Crippen molar-refractivity contribution in [2.75, 3.05) is 0 Å². The van der Waals surface area contributed by atoms with E-state index < -0.39 is 0 Å². The van der Waals surface area contributed by atoms with Crippen LogP contribution in [-0.2, 0) is 0 Å². The van der Waals surface area contributed by atoms with E-state index in [0.29, 0.717) is 11.3 Å². The van der Waals surface area contributed by atoms with Crippen LogP contribution in [0, 0.1) is 11.3 Å². The summed E-state index contributed by atoms with van der Waals surface area (Å²) in [7, 11) is 0. The molecule has 2 aromatic rings. The average molecular weight is 230 g/mol. The van der Waals surface area contributed by atoms with Crippen molar-refractivity contribution in [1.29, 1.82) is 0 Å². The summed E-state index contributed by atoms with van der Waals surface area (Å²) < 4.78 is 5.87. The van der Waals surface area contributed by atoms with Crippen molar-refractivity contribution < 1.29 is 4.42 Å². The molecular weight excluding hydrogens is 212 g/mol. The van der Waals surface area contributed by atoms with Gasteiger partial charge in [-0.05, 0) is 29.9 Å². The maximum absolute atomic E-state index is 5.87. The lowest BCUT2D eigenvalue weighted by Gasteiger charge is -2.14. The molecule has 1 aliphatic rings. The number of furan rings is 1. The standard InChI is InChI=1S/C14H18N2O/c1-14(2)8-10(14)13(16-15)12-7-9-5-3-4-6-11(9)17-12/h3-7,10,13,16H,8,15H2,1-2H3. The topological polar surface area (TPSA) is 51.2 Å². The zero-order valence-corrected chi connectivity index (χ0v) is 10.2. The molecule has 0 saturated heterocycles. The molecule has 1 aromatic heterocycles. The minimum Gasteiger partial charge on any atom is -0.459 e. The zero-order valence-electron chi connectivity index (χ0n) is 10.2. The molecule has 1 aromatic carbocycles. The number of hydrazine groups is 1. The first kappa shape index (κ1) is 10.8. The molecule has 90 valence electrons. The van der Waals surface area contributed by atoms with Gasteiger partial charge in [-0.25, -0.2) is 5.43 Å². The molecule has 1 heterocycles. The van der Waals surface area contributed by atoms with Crippen LogP contribution in [0.5, 0.6) is 0 Å². The Labute approximate surface area is 101 Å². The second-order valence-corrected chi connectivity index (χ2v) is 5.63. The van der Waals surface area contributed by atoms with Gasteiger partial charge < -0.3 is 4.42 Å². The monoisotopic (exact) mass is 230 g/mol. The quantitative estimate of drug-likeness (QED) is 0.629. The molecule has 3 nitrogen and oxygen atoms in total. The summed E-state index contributed by atoms with van der Waals surface area (Å²) in [6.07, 6.45) is 1.19. The van der Waals surface area contributed by atoms with Gasteiger partial charge in [-0.3, -0.25) is 5.84 Å². The van der Waals surface area contributed by atoms with E-state index in [9.17, 15) is 0 Å². The Morgan fingerprint density at radius 2 is 2.12 bits per heavy atom. The second-order valence-electron chi connectivity index (χ2n) is 5.63. The second kappa shape index (κ2) is 3.59. The molecule has 0 bridgehead atoms. The third kappa shape index (κ3) is 1.75. The number of nitrogens with one attached hydrogen (secondary N) is 1. The Kier molecular flexibility index (Phi) is 2.28. The largest absolute Gasteiger partial charge is 0.459 e. The first-order valence-electron chi connectivity index (χ1n) is 6.06. The molecule has 1 aliphatic carbocycles. The Bertz CT molecular complexity index is 511. The van der Waals surface area contributed by atoms with Crippen molar-refractivity contribution in [3.05, 3.63) is 36.1 Å². The van der Waals surface area contributed by atoms with E-state index in [2.05, 4.69) is 31.4 Å². The van der Waals surface area contributed by atoms with Crippen molar-refractivity contribution in [3.8, 4) is 0 Å². The Morgan fingerprint density at radius 1 is 1.41 bits per heavy atom. The van der Waals surface area contributed by atoms with E-state index in [0.717, 1.165) is 16.7 Å². The Hall–Kier alpha value is -1.32. The molecule has 3 heteroatoms. The van der Waals surface area contributed by atoms with Gasteiger partial charge in [0.25, 0.3) is 0 Å². The fourth-order valence-corrected chi connectivity index (χ4v) is 2.63. The van der Waals surface area contributed by atoms with Crippen LogP contribution in [0.15, 0.2) is 34.7 Å². The van der Waals surface area contributed by atoms with Crippen LogP contribution in [-0.4, -0.2) is 0 Å². The maximum Gasteiger partial charge on any atom is 0.134 e. The normalized spacial score (nSPS) is 23.8. The number of rotatable bonds is 3. The summed E-state index contributed by atoms with van der Waals surface area (Å²) in [6.45, 7) is 4.54. The lowest BCUT2D eigenvalue weighted by Crippen LogP contribution is -2.30. The van der Waals surface area contributed by atoms with Gasteiger partial charge >= 0.3 is 0 Å². The Balaban J connectivity index is 1.96. The van der Waals surface area contributed by atoms with Gasteiger partial charge in [0, 0.05) is 5.39 Å². The summed E-state index contributed by atoms with van der Waals surface area (Å²) in [5.74, 6) is 7.19. The maximum atomic E-state index is 5.87. The van der Waals surface area contributed by atoms with Gasteiger partial charge in [0.15, 0.2) is 0 Å². The molecule has 0 radical (unpaired) electrons. The molecule has 0 spiro atoms. The molecule has 0 amide bonds. The number of fused-ring (bicyclic) bond motifs is 1. The highest BCUT2D eigenvalue weighted by Crippen LogP contribution is 2.57. The lowest BCUT2D eigenvalue weighted by molar-refractivity contribution is 0.363.